The fourth-order valence-corrected chi connectivity index (χ4v) is 2.63. The first-order valence-electron chi connectivity index (χ1n) is 6.84. The molecule has 0 aromatic carbocycles. The van der Waals surface area contributed by atoms with Gasteiger partial charge < -0.3 is 5.73 Å². The second-order valence-corrected chi connectivity index (χ2v) is 5.15. The third-order valence-corrected chi connectivity index (χ3v) is 3.76. The monoisotopic (exact) mass is 233 g/mol. The van der Waals surface area contributed by atoms with Crippen LogP contribution in [0.25, 0.3) is 0 Å². The number of nitrogens with two attached hydrogens (primary N) is 1. The molecule has 94 valence electrons. The lowest BCUT2D eigenvalue weighted by Crippen LogP contribution is -2.11. The zero-order valence-corrected chi connectivity index (χ0v) is 10.7. The molecule has 1 aromatic rings. The first-order valence-corrected chi connectivity index (χ1v) is 6.84. The normalized spacial score (nSPS) is 19.2. The molecule has 0 amide bonds. The molecule has 0 spiro atoms. The molecule has 1 aliphatic carbocycles. The molecule has 2 N–H and O–H groups in total. The molecule has 0 radical (unpaired) electrons. The molecule has 1 aromatic heterocycles. The van der Waals surface area contributed by atoms with Crippen LogP contribution in [0.2, 0.25) is 0 Å². The Kier molecular flexibility index (Phi) is 4.49. The van der Waals surface area contributed by atoms with E-state index in [1.165, 1.54) is 37.8 Å². The first-order chi connectivity index (χ1) is 8.31. The molecule has 1 fully saturated rings. The van der Waals surface area contributed by atoms with Gasteiger partial charge in [0.05, 0.1) is 0 Å². The lowest BCUT2D eigenvalue weighted by atomic mass is 9.87. The van der Waals surface area contributed by atoms with Gasteiger partial charge in [-0.2, -0.15) is 0 Å². The number of hydrogen-bond acceptors (Lipinski definition) is 3. The fourth-order valence-electron chi connectivity index (χ4n) is 2.63. The van der Waals surface area contributed by atoms with Gasteiger partial charge in [-0.3, -0.25) is 0 Å². The molecule has 1 saturated carbocycles. The van der Waals surface area contributed by atoms with Crippen LogP contribution in [0.15, 0.2) is 12.3 Å². The van der Waals surface area contributed by atoms with E-state index in [9.17, 15) is 0 Å². The van der Waals surface area contributed by atoms with Crippen LogP contribution in [0, 0.1) is 0 Å². The molecule has 1 aliphatic rings. The Morgan fingerprint density at radius 3 is 2.82 bits per heavy atom. The van der Waals surface area contributed by atoms with Crippen LogP contribution in [0.5, 0.6) is 0 Å². The zero-order chi connectivity index (χ0) is 12.1. The third kappa shape index (κ3) is 3.25. The number of nitrogens with zero attached hydrogens (tertiary/aromatic N) is 2. The van der Waals surface area contributed by atoms with E-state index in [0.29, 0.717) is 18.4 Å². The van der Waals surface area contributed by atoms with Crippen molar-refractivity contribution in [3.05, 3.63) is 23.8 Å². The van der Waals surface area contributed by atoms with Crippen molar-refractivity contribution in [3.63, 3.8) is 0 Å². The summed E-state index contributed by atoms with van der Waals surface area (Å²) < 4.78 is 0. The summed E-state index contributed by atoms with van der Waals surface area (Å²) in [5, 5.41) is 0. The summed E-state index contributed by atoms with van der Waals surface area (Å²) in [4.78, 5) is 9.13. The van der Waals surface area contributed by atoms with Crippen molar-refractivity contribution in [1.29, 1.82) is 0 Å². The summed E-state index contributed by atoms with van der Waals surface area (Å²) in [7, 11) is 0. The Bertz CT molecular complexity index is 345. The van der Waals surface area contributed by atoms with Crippen molar-refractivity contribution in [2.75, 3.05) is 6.54 Å². The summed E-state index contributed by atoms with van der Waals surface area (Å²) in [6, 6.07) is 2.09. The van der Waals surface area contributed by atoms with Gasteiger partial charge in [-0.15, -0.1) is 0 Å². The highest BCUT2D eigenvalue weighted by molar-refractivity contribution is 5.11. The molecule has 1 unspecified atom stereocenters. The van der Waals surface area contributed by atoms with Crippen molar-refractivity contribution in [3.8, 4) is 0 Å². The van der Waals surface area contributed by atoms with Crippen molar-refractivity contribution in [2.24, 2.45) is 5.73 Å². The van der Waals surface area contributed by atoms with Crippen LogP contribution in [0.4, 0.5) is 0 Å². The van der Waals surface area contributed by atoms with Gasteiger partial charge in [0, 0.05) is 23.7 Å². The van der Waals surface area contributed by atoms with Gasteiger partial charge >= 0.3 is 0 Å². The Balaban J connectivity index is 2.09. The number of rotatable bonds is 4. The predicted octanol–water partition coefficient (Wildman–Crippen LogP) is 2.98. The summed E-state index contributed by atoms with van der Waals surface area (Å²) in [6.45, 7) is 2.87. The first kappa shape index (κ1) is 12.5. The molecule has 17 heavy (non-hydrogen) atoms. The lowest BCUT2D eigenvalue weighted by molar-refractivity contribution is 0.434. The topological polar surface area (TPSA) is 51.8 Å². The second kappa shape index (κ2) is 6.10. The maximum atomic E-state index is 5.59. The Morgan fingerprint density at radius 1 is 1.35 bits per heavy atom. The van der Waals surface area contributed by atoms with E-state index in [2.05, 4.69) is 18.0 Å². The second-order valence-electron chi connectivity index (χ2n) is 5.15. The van der Waals surface area contributed by atoms with E-state index in [1.54, 1.807) is 0 Å². The van der Waals surface area contributed by atoms with E-state index in [0.717, 1.165) is 12.2 Å². The molecular formula is C14H23N3. The summed E-state index contributed by atoms with van der Waals surface area (Å²) in [5.41, 5.74) is 6.84. The quantitative estimate of drug-likeness (QED) is 0.869. The summed E-state index contributed by atoms with van der Waals surface area (Å²) in [5.74, 6) is 2.01. The van der Waals surface area contributed by atoms with Crippen molar-refractivity contribution >= 4 is 0 Å². The maximum Gasteiger partial charge on any atom is 0.131 e. The van der Waals surface area contributed by atoms with Crippen LogP contribution >= 0.6 is 0 Å². The minimum absolute atomic E-state index is 0.378. The van der Waals surface area contributed by atoms with E-state index >= 15 is 0 Å². The van der Waals surface area contributed by atoms with Gasteiger partial charge in [0.1, 0.15) is 5.82 Å². The SMILES string of the molecule is CC(CCN)c1nccc(C2CCCCC2)n1. The van der Waals surface area contributed by atoms with Gasteiger partial charge in [-0.1, -0.05) is 26.2 Å². The highest BCUT2D eigenvalue weighted by Gasteiger charge is 2.18. The molecule has 3 nitrogen and oxygen atoms in total. The highest BCUT2D eigenvalue weighted by Crippen LogP contribution is 2.31. The Hall–Kier alpha value is -0.960. The molecule has 1 heterocycles. The number of aromatic nitrogens is 2. The highest BCUT2D eigenvalue weighted by atomic mass is 14.9. The molecule has 0 saturated heterocycles. The average Bonchev–Trinajstić information content (AvgIpc) is 2.40. The summed E-state index contributed by atoms with van der Waals surface area (Å²) >= 11 is 0. The van der Waals surface area contributed by atoms with Crippen LogP contribution < -0.4 is 5.73 Å². The van der Waals surface area contributed by atoms with E-state index in [-0.39, 0.29) is 0 Å². The molecular weight excluding hydrogens is 210 g/mol. The minimum Gasteiger partial charge on any atom is -0.330 e. The smallest absolute Gasteiger partial charge is 0.131 e. The van der Waals surface area contributed by atoms with Crippen molar-refractivity contribution in [1.82, 2.24) is 9.97 Å². The summed E-state index contributed by atoms with van der Waals surface area (Å²) in [6.07, 6.45) is 9.56. The van der Waals surface area contributed by atoms with E-state index in [1.807, 2.05) is 6.20 Å². The lowest BCUT2D eigenvalue weighted by Gasteiger charge is -2.21. The predicted molar refractivity (Wildman–Crippen MR) is 69.9 cm³/mol. The van der Waals surface area contributed by atoms with E-state index < -0.39 is 0 Å². The Labute approximate surface area is 104 Å². The Morgan fingerprint density at radius 2 is 2.12 bits per heavy atom. The van der Waals surface area contributed by atoms with E-state index in [4.69, 9.17) is 10.7 Å². The van der Waals surface area contributed by atoms with Crippen LogP contribution in [-0.4, -0.2) is 16.5 Å². The van der Waals surface area contributed by atoms with Gasteiger partial charge in [-0.05, 0) is 31.9 Å². The van der Waals surface area contributed by atoms with Crippen LogP contribution in [0.3, 0.4) is 0 Å². The van der Waals surface area contributed by atoms with Gasteiger partial charge in [0.2, 0.25) is 0 Å². The average molecular weight is 233 g/mol. The number of hydrogen-bond donors (Lipinski definition) is 1. The minimum atomic E-state index is 0.378. The molecule has 0 aliphatic heterocycles. The van der Waals surface area contributed by atoms with Gasteiger partial charge in [0.25, 0.3) is 0 Å². The molecule has 2 rings (SSSR count). The molecule has 0 bridgehead atoms. The van der Waals surface area contributed by atoms with Crippen LogP contribution in [0.1, 0.15) is 68.8 Å². The largest absolute Gasteiger partial charge is 0.330 e. The third-order valence-electron chi connectivity index (χ3n) is 3.76. The van der Waals surface area contributed by atoms with Gasteiger partial charge in [-0.25, -0.2) is 9.97 Å². The van der Waals surface area contributed by atoms with Gasteiger partial charge in [0.15, 0.2) is 0 Å². The molecule has 1 atom stereocenters. The fraction of sp³-hybridized carbons (Fsp3) is 0.714. The van der Waals surface area contributed by atoms with Crippen LogP contribution in [-0.2, 0) is 0 Å². The van der Waals surface area contributed by atoms with Crippen molar-refractivity contribution < 1.29 is 0 Å². The molecule has 3 heteroatoms. The maximum absolute atomic E-state index is 5.59. The zero-order valence-electron chi connectivity index (χ0n) is 10.7. The van der Waals surface area contributed by atoms with Crippen molar-refractivity contribution in [2.45, 2.75) is 57.3 Å². The standard InChI is InChI=1S/C14H23N3/c1-11(7-9-15)14-16-10-8-13(17-14)12-5-3-2-4-6-12/h8,10-12H,2-7,9,15H2,1H3.